The van der Waals surface area contributed by atoms with Crippen molar-refractivity contribution in [2.45, 2.75) is 51.2 Å². The van der Waals surface area contributed by atoms with Crippen LogP contribution in [0.4, 0.5) is 4.79 Å². The third-order valence-electron chi connectivity index (χ3n) is 5.23. The summed E-state index contributed by atoms with van der Waals surface area (Å²) < 4.78 is 5.37. The van der Waals surface area contributed by atoms with Gasteiger partial charge >= 0.3 is 6.09 Å². The zero-order chi connectivity index (χ0) is 16.1. The van der Waals surface area contributed by atoms with E-state index in [9.17, 15) is 9.90 Å². The van der Waals surface area contributed by atoms with Gasteiger partial charge < -0.3 is 14.7 Å². The molecule has 2 fully saturated rings. The summed E-state index contributed by atoms with van der Waals surface area (Å²) in [6.45, 7) is 1.33. The second-order valence-corrected chi connectivity index (χ2v) is 7.01. The van der Waals surface area contributed by atoms with Crippen molar-refractivity contribution >= 4 is 6.09 Å². The summed E-state index contributed by atoms with van der Waals surface area (Å²) in [6, 6.07) is 9.69. The Hall–Kier alpha value is -1.55. The van der Waals surface area contributed by atoms with Gasteiger partial charge in [-0.05, 0) is 17.9 Å². The Morgan fingerprint density at radius 1 is 1.13 bits per heavy atom. The van der Waals surface area contributed by atoms with Crippen molar-refractivity contribution in [1.82, 2.24) is 4.90 Å². The van der Waals surface area contributed by atoms with E-state index in [4.69, 9.17) is 4.74 Å². The van der Waals surface area contributed by atoms with E-state index < -0.39 is 6.10 Å². The number of hydrogen-bond donors (Lipinski definition) is 1. The summed E-state index contributed by atoms with van der Waals surface area (Å²) in [6.07, 6.45) is 6.88. The average Bonchev–Trinajstić information content (AvgIpc) is 2.95. The lowest BCUT2D eigenvalue weighted by Gasteiger charge is -2.25. The van der Waals surface area contributed by atoms with Gasteiger partial charge in [0.15, 0.2) is 0 Å². The van der Waals surface area contributed by atoms with Crippen molar-refractivity contribution in [3.05, 3.63) is 35.9 Å². The number of hydrogen-bond acceptors (Lipinski definition) is 3. The molecule has 2 aliphatic rings. The zero-order valence-corrected chi connectivity index (χ0v) is 13.7. The Bertz CT molecular complexity index is 499. The van der Waals surface area contributed by atoms with Crippen LogP contribution in [0, 0.1) is 11.8 Å². The minimum absolute atomic E-state index is 0.211. The maximum Gasteiger partial charge on any atom is 0.410 e. The number of amides is 1. The summed E-state index contributed by atoms with van der Waals surface area (Å²) in [5, 5.41) is 10.3. The van der Waals surface area contributed by atoms with Gasteiger partial charge in [-0.2, -0.15) is 0 Å². The van der Waals surface area contributed by atoms with Crippen LogP contribution in [-0.2, 0) is 11.3 Å². The van der Waals surface area contributed by atoms with Gasteiger partial charge in [-0.25, -0.2) is 4.79 Å². The second kappa shape index (κ2) is 7.82. The monoisotopic (exact) mass is 317 g/mol. The fraction of sp³-hybridized carbons (Fsp3) is 0.632. The van der Waals surface area contributed by atoms with Crippen LogP contribution in [0.3, 0.4) is 0 Å². The first kappa shape index (κ1) is 16.3. The normalized spacial score (nSPS) is 25.5. The molecule has 0 bridgehead atoms. The van der Waals surface area contributed by atoms with Gasteiger partial charge in [0.1, 0.15) is 6.61 Å². The van der Waals surface area contributed by atoms with Crippen LogP contribution >= 0.6 is 0 Å². The molecule has 1 amide bonds. The van der Waals surface area contributed by atoms with E-state index in [1.165, 1.54) is 32.1 Å². The molecule has 2 atom stereocenters. The molecule has 0 radical (unpaired) electrons. The Morgan fingerprint density at radius 2 is 1.87 bits per heavy atom. The third-order valence-corrected chi connectivity index (χ3v) is 5.23. The van der Waals surface area contributed by atoms with E-state index in [-0.39, 0.29) is 12.0 Å². The summed E-state index contributed by atoms with van der Waals surface area (Å²) in [5.74, 6) is 0.936. The summed E-state index contributed by atoms with van der Waals surface area (Å²) >= 11 is 0. The molecule has 1 saturated carbocycles. The number of aliphatic hydroxyl groups excluding tert-OH is 1. The maximum absolute atomic E-state index is 12.2. The van der Waals surface area contributed by atoms with Crippen LogP contribution in [0.15, 0.2) is 30.3 Å². The molecule has 4 nitrogen and oxygen atoms in total. The standard InChI is InChI=1S/C19H27NO3/c21-18-13-20(12-17(18)11-15-7-3-1-4-8-15)19(22)23-14-16-9-5-2-6-10-16/h2,5-6,9-10,15,17-18,21H,1,3-4,7-8,11-14H2/t17-,18-/m1/s1. The fourth-order valence-corrected chi connectivity index (χ4v) is 3.90. The maximum atomic E-state index is 12.2. The Morgan fingerprint density at radius 3 is 2.61 bits per heavy atom. The number of ether oxygens (including phenoxy) is 1. The minimum atomic E-state index is -0.402. The average molecular weight is 317 g/mol. The molecule has 0 unspecified atom stereocenters. The van der Waals surface area contributed by atoms with Gasteiger partial charge in [0.25, 0.3) is 0 Å². The van der Waals surface area contributed by atoms with Crippen molar-refractivity contribution in [3.63, 3.8) is 0 Å². The number of likely N-dealkylation sites (tertiary alicyclic amines) is 1. The predicted molar refractivity (Wildman–Crippen MR) is 88.9 cm³/mol. The summed E-state index contributed by atoms with van der Waals surface area (Å²) in [5.41, 5.74) is 0.986. The number of rotatable bonds is 4. The van der Waals surface area contributed by atoms with Crippen LogP contribution in [0.5, 0.6) is 0 Å². The number of benzene rings is 1. The smallest absolute Gasteiger partial charge is 0.410 e. The topological polar surface area (TPSA) is 49.8 Å². The van der Waals surface area contributed by atoms with E-state index in [0.717, 1.165) is 17.9 Å². The first-order chi connectivity index (χ1) is 11.2. The lowest BCUT2D eigenvalue weighted by molar-refractivity contribution is 0.0962. The number of aliphatic hydroxyl groups is 1. The van der Waals surface area contributed by atoms with Crippen molar-refractivity contribution in [2.75, 3.05) is 13.1 Å². The zero-order valence-electron chi connectivity index (χ0n) is 13.7. The minimum Gasteiger partial charge on any atom is -0.445 e. The molecule has 23 heavy (non-hydrogen) atoms. The molecule has 1 heterocycles. The number of carbonyl (C=O) groups is 1. The SMILES string of the molecule is O=C(OCc1ccccc1)N1C[C@@H](CC2CCCCC2)[C@H](O)C1. The molecule has 4 heteroatoms. The number of β-amino-alcohol motifs (C(OH)–C–C–N with tert-alkyl or cyclic N) is 1. The van der Waals surface area contributed by atoms with Gasteiger partial charge in [-0.1, -0.05) is 62.4 Å². The van der Waals surface area contributed by atoms with Gasteiger partial charge in [-0.3, -0.25) is 0 Å². The fourth-order valence-electron chi connectivity index (χ4n) is 3.90. The molecule has 1 aliphatic carbocycles. The highest BCUT2D eigenvalue weighted by Gasteiger charge is 2.36. The molecular formula is C19H27NO3. The molecule has 1 aromatic rings. The lowest BCUT2D eigenvalue weighted by atomic mass is 9.82. The van der Waals surface area contributed by atoms with E-state index in [1.54, 1.807) is 4.90 Å². The summed E-state index contributed by atoms with van der Waals surface area (Å²) in [4.78, 5) is 13.9. The van der Waals surface area contributed by atoms with Crippen molar-refractivity contribution in [2.24, 2.45) is 11.8 Å². The molecule has 1 N–H and O–H groups in total. The Labute approximate surface area is 138 Å². The predicted octanol–water partition coefficient (Wildman–Crippen LogP) is 3.59. The van der Waals surface area contributed by atoms with Crippen LogP contribution < -0.4 is 0 Å². The lowest BCUT2D eigenvalue weighted by Crippen LogP contribution is -2.30. The van der Waals surface area contributed by atoms with E-state index in [0.29, 0.717) is 19.7 Å². The van der Waals surface area contributed by atoms with E-state index in [2.05, 4.69) is 0 Å². The molecule has 0 spiro atoms. The first-order valence-electron chi connectivity index (χ1n) is 8.86. The molecule has 1 aromatic carbocycles. The number of nitrogens with zero attached hydrogens (tertiary/aromatic N) is 1. The number of carbonyl (C=O) groups excluding carboxylic acids is 1. The van der Waals surface area contributed by atoms with Crippen molar-refractivity contribution in [3.8, 4) is 0 Å². The van der Waals surface area contributed by atoms with Crippen LogP contribution in [0.2, 0.25) is 0 Å². The first-order valence-corrected chi connectivity index (χ1v) is 8.86. The largest absolute Gasteiger partial charge is 0.445 e. The van der Waals surface area contributed by atoms with E-state index >= 15 is 0 Å². The molecular weight excluding hydrogens is 290 g/mol. The second-order valence-electron chi connectivity index (χ2n) is 7.01. The summed E-state index contributed by atoms with van der Waals surface area (Å²) in [7, 11) is 0. The van der Waals surface area contributed by atoms with Crippen LogP contribution in [0.1, 0.15) is 44.1 Å². The van der Waals surface area contributed by atoms with E-state index in [1.807, 2.05) is 30.3 Å². The van der Waals surface area contributed by atoms with Gasteiger partial charge in [0.05, 0.1) is 12.6 Å². The molecule has 1 saturated heterocycles. The van der Waals surface area contributed by atoms with Crippen LogP contribution in [0.25, 0.3) is 0 Å². The van der Waals surface area contributed by atoms with Gasteiger partial charge in [0.2, 0.25) is 0 Å². The molecule has 3 rings (SSSR count). The van der Waals surface area contributed by atoms with Crippen molar-refractivity contribution in [1.29, 1.82) is 0 Å². The highest BCUT2D eigenvalue weighted by Crippen LogP contribution is 2.32. The van der Waals surface area contributed by atoms with Gasteiger partial charge in [-0.15, -0.1) is 0 Å². The van der Waals surface area contributed by atoms with Crippen LogP contribution in [-0.4, -0.2) is 35.3 Å². The Kier molecular flexibility index (Phi) is 5.55. The highest BCUT2D eigenvalue weighted by atomic mass is 16.6. The quantitative estimate of drug-likeness (QED) is 0.923. The third kappa shape index (κ3) is 4.47. The van der Waals surface area contributed by atoms with Gasteiger partial charge in [0, 0.05) is 12.5 Å². The Balaban J connectivity index is 1.46. The molecule has 126 valence electrons. The highest BCUT2D eigenvalue weighted by molar-refractivity contribution is 5.68. The molecule has 0 aromatic heterocycles. The van der Waals surface area contributed by atoms with Crippen molar-refractivity contribution < 1.29 is 14.6 Å². The molecule has 1 aliphatic heterocycles.